The third-order valence-corrected chi connectivity index (χ3v) is 3.98. The Bertz CT molecular complexity index is 941. The number of amides is 1. The molecule has 3 aromatic rings. The van der Waals surface area contributed by atoms with Crippen molar-refractivity contribution in [3.05, 3.63) is 71.5 Å². The summed E-state index contributed by atoms with van der Waals surface area (Å²) in [7, 11) is 1.58. The van der Waals surface area contributed by atoms with Gasteiger partial charge in [0.25, 0.3) is 5.91 Å². The first-order valence-electron chi connectivity index (χ1n) is 8.18. The van der Waals surface area contributed by atoms with Crippen molar-refractivity contribution in [2.24, 2.45) is 0 Å². The summed E-state index contributed by atoms with van der Waals surface area (Å²) in [6.45, 7) is 4.10. The van der Waals surface area contributed by atoms with E-state index in [1.807, 2.05) is 31.2 Å². The summed E-state index contributed by atoms with van der Waals surface area (Å²) in [6.07, 6.45) is 1.55. The number of benzene rings is 2. The fraction of sp³-hybridized carbons (Fsp3) is 0.150. The Labute approximate surface area is 152 Å². The first-order chi connectivity index (χ1) is 12.5. The highest BCUT2D eigenvalue weighted by Crippen LogP contribution is 2.19. The van der Waals surface area contributed by atoms with E-state index >= 15 is 0 Å². The van der Waals surface area contributed by atoms with Crippen LogP contribution in [0.4, 0.5) is 17.3 Å². The minimum Gasteiger partial charge on any atom is -0.497 e. The van der Waals surface area contributed by atoms with Crippen molar-refractivity contribution in [1.29, 1.82) is 0 Å². The molecule has 6 heteroatoms. The van der Waals surface area contributed by atoms with Crippen LogP contribution in [0.3, 0.4) is 0 Å². The van der Waals surface area contributed by atoms with Crippen LogP contribution in [0.5, 0.6) is 5.75 Å². The number of aryl methyl sites for hydroxylation is 2. The fourth-order valence-electron chi connectivity index (χ4n) is 2.39. The number of hydrogen-bond acceptors (Lipinski definition) is 5. The average Bonchev–Trinajstić information content (AvgIpc) is 2.65. The second kappa shape index (κ2) is 7.65. The van der Waals surface area contributed by atoms with Gasteiger partial charge in [0.15, 0.2) is 0 Å². The van der Waals surface area contributed by atoms with Gasteiger partial charge in [0, 0.05) is 23.6 Å². The molecule has 0 aliphatic carbocycles. The molecule has 0 atom stereocenters. The highest BCUT2D eigenvalue weighted by atomic mass is 16.5. The van der Waals surface area contributed by atoms with Crippen molar-refractivity contribution < 1.29 is 9.53 Å². The molecule has 0 saturated carbocycles. The minimum absolute atomic E-state index is 0.272. The van der Waals surface area contributed by atoms with Gasteiger partial charge in [-0.2, -0.15) is 0 Å². The number of anilines is 3. The maximum atomic E-state index is 12.4. The Morgan fingerprint density at radius 2 is 1.85 bits per heavy atom. The Kier molecular flexibility index (Phi) is 5.12. The van der Waals surface area contributed by atoms with Gasteiger partial charge < -0.3 is 15.4 Å². The molecule has 132 valence electrons. The van der Waals surface area contributed by atoms with Crippen LogP contribution in [0, 0.1) is 13.8 Å². The molecular weight excluding hydrogens is 328 g/mol. The molecule has 0 aliphatic rings. The van der Waals surface area contributed by atoms with Gasteiger partial charge in [-0.25, -0.2) is 9.97 Å². The maximum absolute atomic E-state index is 12.4. The van der Waals surface area contributed by atoms with Gasteiger partial charge in [-0.05, 0) is 55.3 Å². The predicted molar refractivity (Wildman–Crippen MR) is 102 cm³/mol. The van der Waals surface area contributed by atoms with Gasteiger partial charge in [0.05, 0.1) is 7.11 Å². The van der Waals surface area contributed by atoms with E-state index in [0.717, 1.165) is 5.69 Å². The zero-order valence-corrected chi connectivity index (χ0v) is 14.9. The predicted octanol–water partition coefficient (Wildman–Crippen LogP) is 4.10. The largest absolute Gasteiger partial charge is 0.497 e. The van der Waals surface area contributed by atoms with Crippen molar-refractivity contribution >= 4 is 23.2 Å². The van der Waals surface area contributed by atoms with Crippen molar-refractivity contribution in [2.75, 3.05) is 17.7 Å². The van der Waals surface area contributed by atoms with Crippen LogP contribution >= 0.6 is 0 Å². The van der Waals surface area contributed by atoms with Gasteiger partial charge in [0.1, 0.15) is 11.4 Å². The standard InChI is InChI=1S/C20H20N4O2/c1-13-7-8-16(11-14(13)2)23-20-21-10-9-18(24-20)19(25)22-15-5-4-6-17(12-15)26-3/h4-12H,1-3H3,(H,22,25)(H,21,23,24). The molecular formula is C20H20N4O2. The number of ether oxygens (including phenoxy) is 1. The van der Waals surface area contributed by atoms with Crippen LogP contribution in [-0.4, -0.2) is 23.0 Å². The van der Waals surface area contributed by atoms with Crippen LogP contribution in [0.2, 0.25) is 0 Å². The molecule has 3 rings (SSSR count). The molecule has 26 heavy (non-hydrogen) atoms. The van der Waals surface area contributed by atoms with E-state index in [9.17, 15) is 4.79 Å². The number of nitrogens with one attached hydrogen (secondary N) is 2. The molecule has 2 aromatic carbocycles. The lowest BCUT2D eigenvalue weighted by molar-refractivity contribution is 0.102. The number of rotatable bonds is 5. The van der Waals surface area contributed by atoms with Crippen LogP contribution in [-0.2, 0) is 0 Å². The zero-order chi connectivity index (χ0) is 18.5. The van der Waals surface area contributed by atoms with Crippen LogP contribution < -0.4 is 15.4 Å². The van der Waals surface area contributed by atoms with Crippen molar-refractivity contribution in [3.63, 3.8) is 0 Å². The lowest BCUT2D eigenvalue weighted by Crippen LogP contribution is -2.14. The van der Waals surface area contributed by atoms with Crippen LogP contribution in [0.15, 0.2) is 54.7 Å². The first kappa shape index (κ1) is 17.4. The molecule has 0 bridgehead atoms. The molecule has 0 aliphatic heterocycles. The molecule has 1 aromatic heterocycles. The van der Waals surface area contributed by atoms with E-state index in [4.69, 9.17) is 4.74 Å². The SMILES string of the molecule is COc1cccc(NC(=O)c2ccnc(Nc3ccc(C)c(C)c3)n2)c1. The number of hydrogen-bond donors (Lipinski definition) is 2. The summed E-state index contributed by atoms with van der Waals surface area (Å²) in [5.74, 6) is 0.720. The quantitative estimate of drug-likeness (QED) is 0.726. The summed E-state index contributed by atoms with van der Waals surface area (Å²) in [4.78, 5) is 20.9. The summed E-state index contributed by atoms with van der Waals surface area (Å²) < 4.78 is 5.16. The number of methoxy groups -OCH3 is 1. The molecule has 1 heterocycles. The lowest BCUT2D eigenvalue weighted by Gasteiger charge is -2.09. The summed E-state index contributed by atoms with van der Waals surface area (Å²) in [5, 5.41) is 5.93. The van der Waals surface area contributed by atoms with Gasteiger partial charge >= 0.3 is 0 Å². The molecule has 2 N–H and O–H groups in total. The molecule has 0 fully saturated rings. The number of aromatic nitrogens is 2. The van der Waals surface area contributed by atoms with E-state index in [1.54, 1.807) is 37.6 Å². The lowest BCUT2D eigenvalue weighted by atomic mass is 10.1. The number of carbonyl (C=O) groups is 1. The molecule has 0 spiro atoms. The number of carbonyl (C=O) groups excluding carboxylic acids is 1. The van der Waals surface area contributed by atoms with E-state index in [1.165, 1.54) is 11.1 Å². The maximum Gasteiger partial charge on any atom is 0.274 e. The normalized spacial score (nSPS) is 10.3. The summed E-state index contributed by atoms with van der Waals surface area (Å²) in [5.41, 5.74) is 4.16. The van der Waals surface area contributed by atoms with Gasteiger partial charge in [0.2, 0.25) is 5.95 Å². The van der Waals surface area contributed by atoms with Gasteiger partial charge in [-0.15, -0.1) is 0 Å². The Morgan fingerprint density at radius 1 is 1.00 bits per heavy atom. The van der Waals surface area contributed by atoms with Crippen LogP contribution in [0.25, 0.3) is 0 Å². The highest BCUT2D eigenvalue weighted by Gasteiger charge is 2.10. The summed E-state index contributed by atoms with van der Waals surface area (Å²) in [6, 6.07) is 14.7. The van der Waals surface area contributed by atoms with E-state index in [2.05, 4.69) is 27.5 Å². The third-order valence-electron chi connectivity index (χ3n) is 3.98. The Balaban J connectivity index is 1.75. The molecule has 0 saturated heterocycles. The molecule has 1 amide bonds. The smallest absolute Gasteiger partial charge is 0.274 e. The second-order valence-electron chi connectivity index (χ2n) is 5.88. The fourth-order valence-corrected chi connectivity index (χ4v) is 2.39. The Hall–Kier alpha value is -3.41. The monoisotopic (exact) mass is 348 g/mol. The van der Waals surface area contributed by atoms with E-state index in [0.29, 0.717) is 17.4 Å². The second-order valence-corrected chi connectivity index (χ2v) is 5.88. The molecule has 0 radical (unpaired) electrons. The average molecular weight is 348 g/mol. The number of nitrogens with zero attached hydrogens (tertiary/aromatic N) is 2. The van der Waals surface area contributed by atoms with Crippen molar-refractivity contribution in [3.8, 4) is 5.75 Å². The van der Waals surface area contributed by atoms with E-state index in [-0.39, 0.29) is 11.6 Å². The first-order valence-corrected chi connectivity index (χ1v) is 8.18. The molecule has 0 unspecified atom stereocenters. The van der Waals surface area contributed by atoms with Crippen LogP contribution in [0.1, 0.15) is 21.6 Å². The minimum atomic E-state index is -0.316. The van der Waals surface area contributed by atoms with Gasteiger partial charge in [-0.3, -0.25) is 4.79 Å². The van der Waals surface area contributed by atoms with E-state index < -0.39 is 0 Å². The van der Waals surface area contributed by atoms with Crippen molar-refractivity contribution in [1.82, 2.24) is 9.97 Å². The Morgan fingerprint density at radius 3 is 2.62 bits per heavy atom. The molecule has 6 nitrogen and oxygen atoms in total. The zero-order valence-electron chi connectivity index (χ0n) is 14.9. The van der Waals surface area contributed by atoms with Gasteiger partial charge in [-0.1, -0.05) is 12.1 Å². The topological polar surface area (TPSA) is 76.1 Å². The summed E-state index contributed by atoms with van der Waals surface area (Å²) >= 11 is 0. The third kappa shape index (κ3) is 4.16. The highest BCUT2D eigenvalue weighted by molar-refractivity contribution is 6.03. The van der Waals surface area contributed by atoms with Crippen molar-refractivity contribution in [2.45, 2.75) is 13.8 Å².